The minimum atomic E-state index is -4.45. The Bertz CT molecular complexity index is 1720. The summed E-state index contributed by atoms with van der Waals surface area (Å²) in [5.41, 5.74) is 2.21. The summed E-state index contributed by atoms with van der Waals surface area (Å²) in [6.07, 6.45) is -4.02. The number of H-pyrrole nitrogens is 1. The summed E-state index contributed by atoms with van der Waals surface area (Å²) in [5, 5.41) is 0.613. The molecule has 198 valence electrons. The first kappa shape index (κ1) is 25.0. The number of para-hydroxylation sites is 1. The molecule has 3 heterocycles. The summed E-state index contributed by atoms with van der Waals surface area (Å²) < 4.78 is 47.0. The zero-order chi connectivity index (χ0) is 27.1. The number of nitrogens with one attached hydrogen (secondary N) is 1. The van der Waals surface area contributed by atoms with Gasteiger partial charge in [-0.25, -0.2) is 14.5 Å². The highest BCUT2D eigenvalue weighted by Gasteiger charge is 2.31. The molecule has 5 aromatic rings. The van der Waals surface area contributed by atoms with Crippen molar-refractivity contribution in [3.63, 3.8) is 0 Å². The maximum absolute atomic E-state index is 13.8. The Kier molecular flexibility index (Phi) is 6.26. The Morgan fingerprint density at radius 2 is 1.77 bits per heavy atom. The average molecular weight is 552 g/mol. The molecule has 1 aliphatic rings. The van der Waals surface area contributed by atoms with Gasteiger partial charge in [-0.1, -0.05) is 41.9 Å². The smallest absolute Gasteiger partial charge is 0.416 e. The molecule has 0 radical (unpaired) electrons. The topological polar surface area (TPSA) is 76.0 Å². The minimum Gasteiger partial charge on any atom is -0.459 e. The monoisotopic (exact) mass is 551 g/mol. The molecule has 0 aliphatic carbocycles. The van der Waals surface area contributed by atoms with Crippen LogP contribution >= 0.6 is 11.6 Å². The van der Waals surface area contributed by atoms with Crippen molar-refractivity contribution in [2.45, 2.75) is 25.7 Å². The van der Waals surface area contributed by atoms with Gasteiger partial charge in [-0.3, -0.25) is 4.79 Å². The number of rotatable bonds is 5. The molecule has 0 saturated heterocycles. The van der Waals surface area contributed by atoms with Crippen molar-refractivity contribution in [1.29, 1.82) is 0 Å². The zero-order valence-electron chi connectivity index (χ0n) is 20.4. The van der Waals surface area contributed by atoms with Crippen LogP contribution in [0.15, 0.2) is 77.6 Å². The van der Waals surface area contributed by atoms with E-state index < -0.39 is 11.7 Å². The largest absolute Gasteiger partial charge is 0.459 e. The van der Waals surface area contributed by atoms with Gasteiger partial charge in [-0.05, 0) is 48.0 Å². The SMILES string of the molecule is O=c1c2c(nc(OCc3ccc(Cl)cc3)n1-c1ccccc1)CCN(c1nc3ccc(C(F)(F)F)cc3[nH]1)C2. The molecule has 6 rings (SSSR count). The van der Waals surface area contributed by atoms with Gasteiger partial charge in [0.2, 0.25) is 5.95 Å². The van der Waals surface area contributed by atoms with Crippen LogP contribution in [0.4, 0.5) is 19.1 Å². The number of ether oxygens (including phenoxy) is 1. The number of benzene rings is 3. The van der Waals surface area contributed by atoms with Crippen LogP contribution in [-0.4, -0.2) is 26.1 Å². The van der Waals surface area contributed by atoms with Crippen molar-refractivity contribution < 1.29 is 17.9 Å². The second kappa shape index (κ2) is 9.77. The normalized spacial score (nSPS) is 13.5. The lowest BCUT2D eigenvalue weighted by Gasteiger charge is -2.28. The van der Waals surface area contributed by atoms with Gasteiger partial charge < -0.3 is 14.6 Å². The number of aromatic amines is 1. The summed E-state index contributed by atoms with van der Waals surface area (Å²) >= 11 is 5.98. The van der Waals surface area contributed by atoms with Gasteiger partial charge in [0.25, 0.3) is 5.56 Å². The molecule has 0 amide bonds. The van der Waals surface area contributed by atoms with E-state index in [-0.39, 0.29) is 30.2 Å². The van der Waals surface area contributed by atoms with Crippen LogP contribution in [0.2, 0.25) is 5.02 Å². The standard InChI is InChI=1S/C28H21ClF3N5O2/c29-19-9-6-17(7-10-19)16-39-27-35-22-12-13-36(15-21(22)25(38)37(27)20-4-2-1-3-5-20)26-33-23-11-8-18(28(30,31)32)14-24(23)34-26/h1-11,14H,12-13,15-16H2,(H,33,34). The first-order valence-corrected chi connectivity index (χ1v) is 12.5. The zero-order valence-corrected chi connectivity index (χ0v) is 21.1. The van der Waals surface area contributed by atoms with Crippen LogP contribution in [0.1, 0.15) is 22.4 Å². The summed E-state index contributed by atoms with van der Waals surface area (Å²) in [7, 11) is 0. The van der Waals surface area contributed by atoms with Crippen LogP contribution in [0.25, 0.3) is 16.7 Å². The predicted molar refractivity (Wildman–Crippen MR) is 141 cm³/mol. The van der Waals surface area contributed by atoms with E-state index in [2.05, 4.69) is 9.97 Å². The molecule has 3 aromatic carbocycles. The highest BCUT2D eigenvalue weighted by atomic mass is 35.5. The molecule has 0 spiro atoms. The molecule has 7 nitrogen and oxygen atoms in total. The van der Waals surface area contributed by atoms with Gasteiger partial charge in [0.05, 0.1) is 40.1 Å². The van der Waals surface area contributed by atoms with Crippen LogP contribution in [-0.2, 0) is 25.7 Å². The molecule has 0 bridgehead atoms. The molecular formula is C28H21ClF3N5O2. The van der Waals surface area contributed by atoms with Gasteiger partial charge in [0.1, 0.15) is 6.61 Å². The van der Waals surface area contributed by atoms with E-state index in [1.54, 1.807) is 24.3 Å². The van der Waals surface area contributed by atoms with E-state index >= 15 is 0 Å². The van der Waals surface area contributed by atoms with Crippen molar-refractivity contribution >= 4 is 28.6 Å². The summed E-state index contributed by atoms with van der Waals surface area (Å²) in [6.45, 7) is 0.856. The van der Waals surface area contributed by atoms with Gasteiger partial charge in [0, 0.05) is 18.0 Å². The Balaban J connectivity index is 1.35. The number of aromatic nitrogens is 4. The Morgan fingerprint density at radius 3 is 2.51 bits per heavy atom. The Hall–Kier alpha value is -4.31. The summed E-state index contributed by atoms with van der Waals surface area (Å²) in [5.74, 6) is 0.392. The maximum atomic E-state index is 13.8. The summed E-state index contributed by atoms with van der Waals surface area (Å²) in [6, 6.07) is 19.9. The van der Waals surface area contributed by atoms with Crippen molar-refractivity contribution in [2.24, 2.45) is 0 Å². The molecule has 0 saturated carbocycles. The van der Waals surface area contributed by atoms with E-state index in [9.17, 15) is 18.0 Å². The van der Waals surface area contributed by atoms with Crippen molar-refractivity contribution in [3.05, 3.63) is 111 Å². The molecule has 2 aromatic heterocycles. The molecule has 0 unspecified atom stereocenters. The molecule has 1 aliphatic heterocycles. The Labute approximate surface area is 225 Å². The lowest BCUT2D eigenvalue weighted by molar-refractivity contribution is -0.137. The van der Waals surface area contributed by atoms with Crippen molar-refractivity contribution in [2.75, 3.05) is 11.4 Å². The minimum absolute atomic E-state index is 0.178. The fraction of sp³-hybridized carbons (Fsp3) is 0.179. The lowest BCUT2D eigenvalue weighted by Crippen LogP contribution is -2.38. The number of nitrogens with zero attached hydrogens (tertiary/aromatic N) is 4. The fourth-order valence-electron chi connectivity index (χ4n) is 4.59. The van der Waals surface area contributed by atoms with Crippen LogP contribution in [0, 0.1) is 0 Å². The number of alkyl halides is 3. The van der Waals surface area contributed by atoms with E-state index in [4.69, 9.17) is 21.3 Å². The fourth-order valence-corrected chi connectivity index (χ4v) is 4.71. The molecule has 39 heavy (non-hydrogen) atoms. The lowest BCUT2D eigenvalue weighted by atomic mass is 10.1. The first-order valence-electron chi connectivity index (χ1n) is 12.2. The highest BCUT2D eigenvalue weighted by molar-refractivity contribution is 6.30. The number of halogens is 4. The second-order valence-corrected chi connectivity index (χ2v) is 9.61. The third-order valence-electron chi connectivity index (χ3n) is 6.59. The second-order valence-electron chi connectivity index (χ2n) is 9.17. The van der Waals surface area contributed by atoms with E-state index in [1.165, 1.54) is 10.6 Å². The number of anilines is 1. The molecule has 1 N–H and O–H groups in total. The number of hydrogen-bond donors (Lipinski definition) is 1. The van der Waals surface area contributed by atoms with Crippen LogP contribution in [0.3, 0.4) is 0 Å². The molecule has 0 atom stereocenters. The number of imidazole rings is 1. The van der Waals surface area contributed by atoms with Crippen LogP contribution < -0.4 is 15.2 Å². The third-order valence-corrected chi connectivity index (χ3v) is 6.84. The Morgan fingerprint density at radius 1 is 1.00 bits per heavy atom. The van der Waals surface area contributed by atoms with E-state index in [0.29, 0.717) is 46.4 Å². The van der Waals surface area contributed by atoms with E-state index in [0.717, 1.165) is 17.7 Å². The quantitative estimate of drug-likeness (QED) is 0.293. The average Bonchev–Trinajstić information content (AvgIpc) is 3.36. The maximum Gasteiger partial charge on any atom is 0.416 e. The first-order chi connectivity index (χ1) is 18.8. The summed E-state index contributed by atoms with van der Waals surface area (Å²) in [4.78, 5) is 27.8. The number of fused-ring (bicyclic) bond motifs is 2. The van der Waals surface area contributed by atoms with Gasteiger partial charge >= 0.3 is 12.2 Å². The highest BCUT2D eigenvalue weighted by Crippen LogP contribution is 2.32. The van der Waals surface area contributed by atoms with Crippen molar-refractivity contribution in [3.8, 4) is 11.7 Å². The third kappa shape index (κ3) is 4.95. The van der Waals surface area contributed by atoms with E-state index in [1.807, 2.05) is 35.2 Å². The van der Waals surface area contributed by atoms with Gasteiger partial charge in [-0.15, -0.1) is 0 Å². The molecular weight excluding hydrogens is 531 g/mol. The van der Waals surface area contributed by atoms with Crippen LogP contribution in [0.5, 0.6) is 6.01 Å². The van der Waals surface area contributed by atoms with Gasteiger partial charge in [0.15, 0.2) is 0 Å². The predicted octanol–water partition coefficient (Wildman–Crippen LogP) is 5.92. The van der Waals surface area contributed by atoms with Gasteiger partial charge in [-0.2, -0.15) is 13.2 Å². The molecule has 11 heteroatoms. The molecule has 0 fully saturated rings. The van der Waals surface area contributed by atoms with Crippen molar-refractivity contribution in [1.82, 2.24) is 19.5 Å². The number of hydrogen-bond acceptors (Lipinski definition) is 5.